The number of carboxylic acid groups (broad SMARTS) is 1. The van der Waals surface area contributed by atoms with Gasteiger partial charge in [0.15, 0.2) is 15.0 Å². The summed E-state index contributed by atoms with van der Waals surface area (Å²) in [6, 6.07) is 0. The summed E-state index contributed by atoms with van der Waals surface area (Å²) in [6.45, 7) is 1.02. The van der Waals surface area contributed by atoms with Crippen LogP contribution in [0.5, 0.6) is 0 Å². The van der Waals surface area contributed by atoms with Crippen molar-refractivity contribution in [3.8, 4) is 0 Å². The maximum Gasteiger partial charge on any atom is 0.347 e. The van der Waals surface area contributed by atoms with Crippen molar-refractivity contribution >= 4 is 32.3 Å². The highest BCUT2D eigenvalue weighted by molar-refractivity contribution is 7.91. The van der Waals surface area contributed by atoms with Gasteiger partial charge in [0.2, 0.25) is 0 Å². The zero-order valence-corrected chi connectivity index (χ0v) is 12.5. The molecule has 110 valence electrons. The van der Waals surface area contributed by atoms with E-state index in [2.05, 4.69) is 4.98 Å². The maximum atomic E-state index is 11.6. The van der Waals surface area contributed by atoms with Gasteiger partial charge in [-0.05, 0) is 19.3 Å². The fraction of sp³-hybridized carbons (Fsp3) is 0.667. The van der Waals surface area contributed by atoms with Crippen LogP contribution in [0.4, 0.5) is 5.13 Å². The average molecular weight is 316 g/mol. The molecule has 0 spiro atoms. The van der Waals surface area contributed by atoms with E-state index in [4.69, 9.17) is 0 Å². The molecule has 0 amide bonds. The Balaban J connectivity index is 1.86. The Morgan fingerprint density at radius 3 is 2.70 bits per heavy atom. The fourth-order valence-electron chi connectivity index (χ4n) is 2.37. The number of thiazole rings is 1. The first-order valence-electron chi connectivity index (χ1n) is 6.66. The molecule has 2 fully saturated rings. The third-order valence-electron chi connectivity index (χ3n) is 3.63. The van der Waals surface area contributed by atoms with Crippen LogP contribution in [0.25, 0.3) is 0 Å². The van der Waals surface area contributed by atoms with E-state index in [0.717, 1.165) is 12.8 Å². The lowest BCUT2D eigenvalue weighted by Gasteiger charge is -2.17. The largest absolute Gasteiger partial charge is 0.477 e. The van der Waals surface area contributed by atoms with Crippen molar-refractivity contribution in [2.45, 2.75) is 25.2 Å². The van der Waals surface area contributed by atoms with Gasteiger partial charge >= 0.3 is 5.97 Å². The van der Waals surface area contributed by atoms with E-state index in [1.165, 1.54) is 11.3 Å². The summed E-state index contributed by atoms with van der Waals surface area (Å²) in [7, 11) is -2.96. The highest BCUT2D eigenvalue weighted by Gasteiger charge is 2.33. The molecule has 2 heterocycles. The van der Waals surface area contributed by atoms with E-state index in [-0.39, 0.29) is 17.4 Å². The van der Waals surface area contributed by atoms with Gasteiger partial charge in [-0.2, -0.15) is 0 Å². The zero-order valence-electron chi connectivity index (χ0n) is 10.9. The standard InChI is InChI=1S/C12H16N2O4S2/c15-11(16)10-9(8-2-3-8)13-12(19-10)14-4-1-6-20(17,18)7-5-14/h8H,1-7H2,(H,15,16). The van der Waals surface area contributed by atoms with Crippen LogP contribution < -0.4 is 4.90 Å². The molecular weight excluding hydrogens is 300 g/mol. The minimum absolute atomic E-state index is 0.119. The van der Waals surface area contributed by atoms with Gasteiger partial charge in [-0.3, -0.25) is 0 Å². The van der Waals surface area contributed by atoms with Crippen LogP contribution in [0.1, 0.15) is 40.5 Å². The second-order valence-electron chi connectivity index (χ2n) is 5.28. The molecule has 3 rings (SSSR count). The lowest BCUT2D eigenvalue weighted by molar-refractivity contribution is 0.0700. The molecule has 2 aliphatic rings. The monoisotopic (exact) mass is 316 g/mol. The summed E-state index contributed by atoms with van der Waals surface area (Å²) in [6.07, 6.45) is 2.57. The lowest BCUT2D eigenvalue weighted by atomic mass is 10.2. The summed E-state index contributed by atoms with van der Waals surface area (Å²) in [5, 5.41) is 9.90. The van der Waals surface area contributed by atoms with Crippen LogP contribution >= 0.6 is 11.3 Å². The predicted octanol–water partition coefficient (Wildman–Crippen LogP) is 1.34. The Hall–Kier alpha value is -1.15. The van der Waals surface area contributed by atoms with Gasteiger partial charge in [-0.15, -0.1) is 0 Å². The number of aromatic carboxylic acids is 1. The van der Waals surface area contributed by atoms with Gasteiger partial charge in [0, 0.05) is 19.0 Å². The quantitative estimate of drug-likeness (QED) is 0.905. The van der Waals surface area contributed by atoms with Crippen LogP contribution in [0, 0.1) is 0 Å². The van der Waals surface area contributed by atoms with Gasteiger partial charge in [0.25, 0.3) is 0 Å². The van der Waals surface area contributed by atoms with Crippen molar-refractivity contribution in [1.29, 1.82) is 0 Å². The minimum atomic E-state index is -2.96. The molecule has 1 N–H and O–H groups in total. The second-order valence-corrected chi connectivity index (χ2v) is 8.56. The molecule has 6 nitrogen and oxygen atoms in total. The van der Waals surface area contributed by atoms with Crippen molar-refractivity contribution < 1.29 is 18.3 Å². The zero-order chi connectivity index (χ0) is 14.3. The molecular formula is C12H16N2O4S2. The Labute approximate surface area is 121 Å². The van der Waals surface area contributed by atoms with Gasteiger partial charge in [0.05, 0.1) is 17.2 Å². The van der Waals surface area contributed by atoms with Crippen molar-refractivity contribution in [2.75, 3.05) is 29.5 Å². The normalized spacial score (nSPS) is 22.5. The van der Waals surface area contributed by atoms with Crippen molar-refractivity contribution in [3.05, 3.63) is 10.6 Å². The number of carboxylic acids is 1. The fourth-order valence-corrected chi connectivity index (χ4v) is 4.69. The molecule has 1 aliphatic heterocycles. The van der Waals surface area contributed by atoms with E-state index >= 15 is 0 Å². The average Bonchev–Trinajstić information content (AvgIpc) is 3.14. The third kappa shape index (κ3) is 2.80. The van der Waals surface area contributed by atoms with Gasteiger partial charge in [-0.1, -0.05) is 11.3 Å². The highest BCUT2D eigenvalue weighted by atomic mass is 32.2. The lowest BCUT2D eigenvalue weighted by Crippen LogP contribution is -2.26. The molecule has 0 unspecified atom stereocenters. The number of hydrogen-bond donors (Lipinski definition) is 1. The molecule has 0 bridgehead atoms. The van der Waals surface area contributed by atoms with Crippen LogP contribution in [0.15, 0.2) is 0 Å². The summed E-state index contributed by atoms with van der Waals surface area (Å²) < 4.78 is 23.2. The number of nitrogens with zero attached hydrogens (tertiary/aromatic N) is 2. The number of rotatable bonds is 3. The summed E-state index contributed by atoms with van der Waals surface area (Å²) >= 11 is 1.17. The molecule has 1 saturated carbocycles. The first-order valence-corrected chi connectivity index (χ1v) is 9.29. The predicted molar refractivity (Wildman–Crippen MR) is 76.5 cm³/mol. The second kappa shape index (κ2) is 5.00. The number of anilines is 1. The van der Waals surface area contributed by atoms with Crippen LogP contribution in [-0.4, -0.2) is 49.1 Å². The van der Waals surface area contributed by atoms with Crippen molar-refractivity contribution in [1.82, 2.24) is 4.98 Å². The third-order valence-corrected chi connectivity index (χ3v) is 6.46. The van der Waals surface area contributed by atoms with Crippen LogP contribution in [-0.2, 0) is 9.84 Å². The molecule has 0 radical (unpaired) electrons. The molecule has 0 aromatic carbocycles. The van der Waals surface area contributed by atoms with Crippen LogP contribution in [0.3, 0.4) is 0 Å². The van der Waals surface area contributed by atoms with Crippen molar-refractivity contribution in [3.63, 3.8) is 0 Å². The molecule has 1 aromatic heterocycles. The Bertz CT molecular complexity index is 634. The highest BCUT2D eigenvalue weighted by Crippen LogP contribution is 2.44. The minimum Gasteiger partial charge on any atom is -0.477 e. The molecule has 0 atom stereocenters. The van der Waals surface area contributed by atoms with Gasteiger partial charge in [-0.25, -0.2) is 18.2 Å². The maximum absolute atomic E-state index is 11.6. The summed E-state index contributed by atoms with van der Waals surface area (Å²) in [4.78, 5) is 18.0. The number of sulfone groups is 1. The molecule has 1 saturated heterocycles. The SMILES string of the molecule is O=C(O)c1sc(N2CCCS(=O)(=O)CC2)nc1C1CC1. The summed E-state index contributed by atoms with van der Waals surface area (Å²) in [5.41, 5.74) is 0.685. The van der Waals surface area contributed by atoms with Crippen LogP contribution in [0.2, 0.25) is 0 Å². The van der Waals surface area contributed by atoms with Gasteiger partial charge < -0.3 is 10.0 Å². The van der Waals surface area contributed by atoms with E-state index in [9.17, 15) is 18.3 Å². The number of carbonyl (C=O) groups is 1. The van der Waals surface area contributed by atoms with E-state index in [1.807, 2.05) is 4.90 Å². The van der Waals surface area contributed by atoms with Crippen molar-refractivity contribution in [2.24, 2.45) is 0 Å². The Kier molecular flexibility index (Phi) is 3.45. The summed E-state index contributed by atoms with van der Waals surface area (Å²) in [5.74, 6) is -0.330. The number of aromatic nitrogens is 1. The molecule has 8 heteroatoms. The topological polar surface area (TPSA) is 87.6 Å². The first kappa shape index (κ1) is 13.8. The molecule has 20 heavy (non-hydrogen) atoms. The molecule has 1 aromatic rings. The van der Waals surface area contributed by atoms with E-state index < -0.39 is 15.8 Å². The van der Waals surface area contributed by atoms with Gasteiger partial charge in [0.1, 0.15) is 4.88 Å². The van der Waals surface area contributed by atoms with E-state index in [0.29, 0.717) is 35.2 Å². The molecule has 1 aliphatic carbocycles. The first-order chi connectivity index (χ1) is 9.46. The number of hydrogen-bond acceptors (Lipinski definition) is 6. The van der Waals surface area contributed by atoms with E-state index in [1.54, 1.807) is 0 Å². The smallest absolute Gasteiger partial charge is 0.347 e. The Morgan fingerprint density at radius 2 is 2.05 bits per heavy atom. The Morgan fingerprint density at radius 1 is 1.30 bits per heavy atom.